The molecule has 2 N–H and O–H groups in total. The van der Waals surface area contributed by atoms with Crippen LogP contribution >= 0.6 is 0 Å². The normalized spacial score (nSPS) is 16.5. The minimum absolute atomic E-state index is 0.0473. The fourth-order valence-electron chi connectivity index (χ4n) is 4.35. The van der Waals surface area contributed by atoms with Crippen LogP contribution in [0.2, 0.25) is 0 Å². The summed E-state index contributed by atoms with van der Waals surface area (Å²) in [6.45, 7) is 1.66. The van der Waals surface area contributed by atoms with Crippen LogP contribution in [-0.4, -0.2) is 57.0 Å². The van der Waals surface area contributed by atoms with Gasteiger partial charge in [0.1, 0.15) is 23.4 Å². The molecule has 0 spiro atoms. The highest BCUT2D eigenvalue weighted by Crippen LogP contribution is 2.34. The molecule has 2 aliphatic heterocycles. The van der Waals surface area contributed by atoms with E-state index in [2.05, 4.69) is 27.8 Å². The Bertz CT molecular complexity index is 1310. The first-order valence-corrected chi connectivity index (χ1v) is 12.0. The van der Waals surface area contributed by atoms with Gasteiger partial charge in [-0.25, -0.2) is 9.78 Å². The number of ether oxygens (including phenoxy) is 4. The number of nitrogens with one attached hydrogen (secondary N) is 2. The molecular weight excluding hydrogens is 476 g/mol. The third kappa shape index (κ3) is 5.44. The molecule has 37 heavy (non-hydrogen) atoms. The summed E-state index contributed by atoms with van der Waals surface area (Å²) in [5, 5.41) is 6.08. The van der Waals surface area contributed by atoms with Gasteiger partial charge in [-0.2, -0.15) is 0 Å². The molecular formula is C27H28N4O6. The summed E-state index contributed by atoms with van der Waals surface area (Å²) in [5.74, 6) is 2.46. The number of hydrogen-bond donors (Lipinski definition) is 2. The number of rotatable bonds is 9. The summed E-state index contributed by atoms with van der Waals surface area (Å²) >= 11 is 0. The van der Waals surface area contributed by atoms with E-state index in [9.17, 15) is 9.59 Å². The SMILES string of the molecule is COc1ccc(OC)c(-c2cccc(CNCCC3CN(c4ccc5c(n4)NC(=O)CO5)C(=O)O3)c2)c1. The number of pyridine rings is 1. The van der Waals surface area contributed by atoms with E-state index in [0.717, 1.165) is 28.2 Å². The van der Waals surface area contributed by atoms with Gasteiger partial charge in [0.2, 0.25) is 0 Å². The minimum Gasteiger partial charge on any atom is -0.497 e. The number of benzene rings is 2. The maximum absolute atomic E-state index is 12.4. The van der Waals surface area contributed by atoms with Crippen molar-refractivity contribution in [2.24, 2.45) is 0 Å². The molecule has 2 aromatic carbocycles. The highest BCUT2D eigenvalue weighted by molar-refractivity contribution is 5.95. The summed E-state index contributed by atoms with van der Waals surface area (Å²) in [4.78, 5) is 29.8. The van der Waals surface area contributed by atoms with Gasteiger partial charge in [-0.1, -0.05) is 18.2 Å². The number of carbonyl (C=O) groups excluding carboxylic acids is 2. The molecule has 1 aromatic heterocycles. The zero-order valence-corrected chi connectivity index (χ0v) is 20.7. The van der Waals surface area contributed by atoms with Crippen LogP contribution in [0.3, 0.4) is 0 Å². The zero-order chi connectivity index (χ0) is 25.8. The number of cyclic esters (lactones) is 1. The van der Waals surface area contributed by atoms with E-state index in [1.165, 1.54) is 4.90 Å². The van der Waals surface area contributed by atoms with E-state index in [-0.39, 0.29) is 18.6 Å². The maximum atomic E-state index is 12.4. The van der Waals surface area contributed by atoms with Crippen LogP contribution in [0.1, 0.15) is 12.0 Å². The van der Waals surface area contributed by atoms with Crippen LogP contribution in [0, 0.1) is 0 Å². The van der Waals surface area contributed by atoms with Crippen molar-refractivity contribution in [2.75, 3.05) is 44.1 Å². The molecule has 0 aliphatic carbocycles. The van der Waals surface area contributed by atoms with Crippen LogP contribution in [0.15, 0.2) is 54.6 Å². The average molecular weight is 505 g/mol. The van der Waals surface area contributed by atoms with Crippen molar-refractivity contribution in [3.05, 3.63) is 60.2 Å². The second-order valence-corrected chi connectivity index (χ2v) is 8.70. The summed E-state index contributed by atoms with van der Waals surface area (Å²) in [5.41, 5.74) is 3.12. The zero-order valence-electron chi connectivity index (χ0n) is 20.7. The Balaban J connectivity index is 1.15. The number of hydrogen-bond acceptors (Lipinski definition) is 8. The lowest BCUT2D eigenvalue weighted by molar-refractivity contribution is -0.118. The first-order chi connectivity index (χ1) is 18.0. The third-order valence-corrected chi connectivity index (χ3v) is 6.23. The molecule has 1 unspecified atom stereocenters. The second-order valence-electron chi connectivity index (χ2n) is 8.70. The van der Waals surface area contributed by atoms with Gasteiger partial charge in [-0.3, -0.25) is 9.69 Å². The van der Waals surface area contributed by atoms with E-state index in [4.69, 9.17) is 18.9 Å². The van der Waals surface area contributed by atoms with Gasteiger partial charge in [0.25, 0.3) is 5.91 Å². The molecule has 0 saturated carbocycles. The Kier molecular flexibility index (Phi) is 7.09. The number of fused-ring (bicyclic) bond motifs is 1. The summed E-state index contributed by atoms with van der Waals surface area (Å²) in [7, 11) is 3.30. The van der Waals surface area contributed by atoms with Crippen LogP contribution < -0.4 is 29.7 Å². The maximum Gasteiger partial charge on any atom is 0.415 e. The molecule has 0 radical (unpaired) electrons. The first-order valence-electron chi connectivity index (χ1n) is 12.0. The van der Waals surface area contributed by atoms with Gasteiger partial charge in [0.15, 0.2) is 18.2 Å². The molecule has 1 fully saturated rings. The Hall–Kier alpha value is -4.31. The van der Waals surface area contributed by atoms with Crippen molar-refractivity contribution < 1.29 is 28.5 Å². The van der Waals surface area contributed by atoms with E-state index in [0.29, 0.717) is 43.4 Å². The highest BCUT2D eigenvalue weighted by atomic mass is 16.6. The fourth-order valence-corrected chi connectivity index (χ4v) is 4.35. The van der Waals surface area contributed by atoms with Crippen LogP contribution in [-0.2, 0) is 16.1 Å². The second kappa shape index (κ2) is 10.8. The van der Waals surface area contributed by atoms with E-state index in [1.807, 2.05) is 30.3 Å². The molecule has 10 nitrogen and oxygen atoms in total. The first kappa shape index (κ1) is 24.4. The summed E-state index contributed by atoms with van der Waals surface area (Å²) in [6.07, 6.45) is -0.0762. The lowest BCUT2D eigenvalue weighted by Crippen LogP contribution is -2.29. The Morgan fingerprint density at radius 1 is 1.11 bits per heavy atom. The average Bonchev–Trinajstić information content (AvgIpc) is 3.30. The molecule has 3 aromatic rings. The quantitative estimate of drug-likeness (QED) is 0.425. The molecule has 1 atom stereocenters. The number of amides is 2. The topological polar surface area (TPSA) is 111 Å². The van der Waals surface area contributed by atoms with Crippen LogP contribution in [0.5, 0.6) is 17.2 Å². The molecule has 5 rings (SSSR count). The van der Waals surface area contributed by atoms with E-state index >= 15 is 0 Å². The largest absolute Gasteiger partial charge is 0.497 e. The monoisotopic (exact) mass is 504 g/mol. The van der Waals surface area contributed by atoms with Crippen molar-refractivity contribution in [1.29, 1.82) is 0 Å². The van der Waals surface area contributed by atoms with Gasteiger partial charge in [-0.05, 0) is 60.5 Å². The molecule has 192 valence electrons. The molecule has 2 aliphatic rings. The number of methoxy groups -OCH3 is 2. The van der Waals surface area contributed by atoms with Crippen LogP contribution in [0.4, 0.5) is 16.4 Å². The van der Waals surface area contributed by atoms with E-state index < -0.39 is 6.09 Å². The van der Waals surface area contributed by atoms with Gasteiger partial charge in [-0.15, -0.1) is 0 Å². The Morgan fingerprint density at radius 3 is 2.84 bits per heavy atom. The lowest BCUT2D eigenvalue weighted by atomic mass is 10.0. The van der Waals surface area contributed by atoms with Crippen molar-refractivity contribution in [3.8, 4) is 28.4 Å². The summed E-state index contributed by atoms with van der Waals surface area (Å²) in [6, 6.07) is 17.3. The number of aromatic nitrogens is 1. The molecule has 10 heteroatoms. The fraction of sp³-hybridized carbons (Fsp3) is 0.296. The number of anilines is 2. The summed E-state index contributed by atoms with van der Waals surface area (Å²) < 4.78 is 21.8. The highest BCUT2D eigenvalue weighted by Gasteiger charge is 2.33. The Labute approximate surface area is 214 Å². The smallest absolute Gasteiger partial charge is 0.415 e. The minimum atomic E-state index is -0.458. The molecule has 2 amide bonds. The standard InChI is InChI=1S/C27H28N4O6/c1-34-19-6-7-22(35-2)21(13-19)18-5-3-4-17(12-18)14-28-11-10-20-15-31(27(33)37-20)24-9-8-23-26(29-24)30-25(32)16-36-23/h3-9,12-13,20,28H,10-11,14-16H2,1-2H3,(H,29,30,32). The van der Waals surface area contributed by atoms with E-state index in [1.54, 1.807) is 26.4 Å². The van der Waals surface area contributed by atoms with Crippen LogP contribution in [0.25, 0.3) is 11.1 Å². The van der Waals surface area contributed by atoms with Crippen molar-refractivity contribution >= 4 is 23.6 Å². The molecule has 3 heterocycles. The number of carbonyl (C=O) groups is 2. The predicted molar refractivity (Wildman–Crippen MR) is 137 cm³/mol. The van der Waals surface area contributed by atoms with Gasteiger partial charge < -0.3 is 29.6 Å². The lowest BCUT2D eigenvalue weighted by Gasteiger charge is -2.19. The third-order valence-electron chi connectivity index (χ3n) is 6.23. The number of nitrogens with zero attached hydrogens (tertiary/aromatic N) is 2. The predicted octanol–water partition coefficient (Wildman–Crippen LogP) is 3.60. The molecule has 0 bridgehead atoms. The van der Waals surface area contributed by atoms with Gasteiger partial charge >= 0.3 is 6.09 Å². The van der Waals surface area contributed by atoms with Gasteiger partial charge in [0, 0.05) is 12.1 Å². The Morgan fingerprint density at radius 2 is 2.00 bits per heavy atom. The molecule has 1 saturated heterocycles. The van der Waals surface area contributed by atoms with Crippen molar-refractivity contribution in [2.45, 2.75) is 19.1 Å². The van der Waals surface area contributed by atoms with Crippen molar-refractivity contribution in [1.82, 2.24) is 10.3 Å². The van der Waals surface area contributed by atoms with Gasteiger partial charge in [0.05, 0.1) is 20.8 Å². The van der Waals surface area contributed by atoms with Crippen molar-refractivity contribution in [3.63, 3.8) is 0 Å².